The molecule has 0 aliphatic heterocycles. The number of amides is 1. The van der Waals surface area contributed by atoms with Crippen molar-refractivity contribution in [2.45, 2.75) is 72.3 Å². The van der Waals surface area contributed by atoms with Crippen molar-refractivity contribution in [2.75, 3.05) is 6.54 Å². The topological polar surface area (TPSA) is 49.3 Å². The smallest absolute Gasteiger partial charge is 0.223 e. The molecule has 0 aliphatic rings. The second-order valence-electron chi connectivity index (χ2n) is 5.14. The van der Waals surface area contributed by atoms with Gasteiger partial charge >= 0.3 is 0 Å². The highest BCUT2D eigenvalue weighted by Crippen LogP contribution is 2.14. The standard InChI is InChI=1S/C15H31NO2/c1-5-9-10-13(8-4)15(18)16-11-14(17)12(6-2)7-3/h12-14,17H,5-11H2,1-4H3,(H,16,18). The van der Waals surface area contributed by atoms with Crippen molar-refractivity contribution in [1.82, 2.24) is 5.32 Å². The van der Waals surface area contributed by atoms with Crippen LogP contribution in [0.1, 0.15) is 66.2 Å². The first-order chi connectivity index (χ1) is 8.60. The fraction of sp³-hybridized carbons (Fsp3) is 0.933. The van der Waals surface area contributed by atoms with Gasteiger partial charge in [-0.1, -0.05) is 53.4 Å². The molecule has 2 atom stereocenters. The number of hydrogen-bond donors (Lipinski definition) is 2. The molecular weight excluding hydrogens is 226 g/mol. The van der Waals surface area contributed by atoms with Gasteiger partial charge in [0.15, 0.2) is 0 Å². The SMILES string of the molecule is CCCCC(CC)C(=O)NCC(O)C(CC)CC. The van der Waals surface area contributed by atoms with E-state index in [1.54, 1.807) is 0 Å². The summed E-state index contributed by atoms with van der Waals surface area (Å²) < 4.78 is 0. The zero-order chi connectivity index (χ0) is 14.0. The van der Waals surface area contributed by atoms with Crippen LogP contribution in [0.5, 0.6) is 0 Å². The van der Waals surface area contributed by atoms with Crippen LogP contribution >= 0.6 is 0 Å². The molecule has 0 heterocycles. The Morgan fingerprint density at radius 2 is 1.72 bits per heavy atom. The van der Waals surface area contributed by atoms with Crippen LogP contribution in [0.4, 0.5) is 0 Å². The molecule has 0 saturated carbocycles. The Kier molecular flexibility index (Phi) is 10.0. The van der Waals surface area contributed by atoms with E-state index < -0.39 is 6.10 Å². The minimum atomic E-state index is -0.410. The van der Waals surface area contributed by atoms with Gasteiger partial charge in [-0.3, -0.25) is 4.79 Å². The molecule has 108 valence electrons. The Morgan fingerprint density at radius 1 is 1.11 bits per heavy atom. The van der Waals surface area contributed by atoms with Crippen LogP contribution in [0, 0.1) is 11.8 Å². The van der Waals surface area contributed by atoms with Gasteiger partial charge in [-0.2, -0.15) is 0 Å². The quantitative estimate of drug-likeness (QED) is 0.632. The van der Waals surface area contributed by atoms with E-state index in [1.807, 2.05) is 0 Å². The van der Waals surface area contributed by atoms with Crippen LogP contribution in [0.25, 0.3) is 0 Å². The Morgan fingerprint density at radius 3 is 2.17 bits per heavy atom. The highest BCUT2D eigenvalue weighted by atomic mass is 16.3. The summed E-state index contributed by atoms with van der Waals surface area (Å²) in [5.41, 5.74) is 0. The van der Waals surface area contributed by atoms with Gasteiger partial charge in [0.05, 0.1) is 6.10 Å². The second kappa shape index (κ2) is 10.4. The molecule has 0 bridgehead atoms. The molecule has 0 aliphatic carbocycles. The number of hydrogen-bond acceptors (Lipinski definition) is 2. The van der Waals surface area contributed by atoms with Gasteiger partial charge in [0.2, 0.25) is 5.91 Å². The number of unbranched alkanes of at least 4 members (excludes halogenated alkanes) is 1. The maximum absolute atomic E-state index is 12.0. The van der Waals surface area contributed by atoms with E-state index in [9.17, 15) is 9.90 Å². The van der Waals surface area contributed by atoms with Gasteiger partial charge in [0.1, 0.15) is 0 Å². The third kappa shape index (κ3) is 6.39. The molecule has 3 heteroatoms. The average Bonchev–Trinajstić information content (AvgIpc) is 2.38. The van der Waals surface area contributed by atoms with Crippen LogP contribution in [-0.4, -0.2) is 23.7 Å². The molecule has 1 amide bonds. The first-order valence-corrected chi connectivity index (χ1v) is 7.56. The molecule has 2 unspecified atom stereocenters. The largest absolute Gasteiger partial charge is 0.391 e. The van der Waals surface area contributed by atoms with Crippen molar-refractivity contribution in [3.63, 3.8) is 0 Å². The van der Waals surface area contributed by atoms with Crippen molar-refractivity contribution in [3.8, 4) is 0 Å². The van der Waals surface area contributed by atoms with Crippen molar-refractivity contribution in [1.29, 1.82) is 0 Å². The Bertz CT molecular complexity index is 215. The normalized spacial score (nSPS) is 14.6. The summed E-state index contributed by atoms with van der Waals surface area (Å²) in [4.78, 5) is 12.0. The minimum absolute atomic E-state index is 0.107. The van der Waals surface area contributed by atoms with E-state index in [0.717, 1.165) is 38.5 Å². The number of carbonyl (C=O) groups is 1. The zero-order valence-electron chi connectivity index (χ0n) is 12.5. The zero-order valence-corrected chi connectivity index (χ0v) is 12.5. The molecule has 3 nitrogen and oxygen atoms in total. The summed E-state index contributed by atoms with van der Waals surface area (Å²) >= 11 is 0. The fourth-order valence-corrected chi connectivity index (χ4v) is 2.32. The van der Waals surface area contributed by atoms with E-state index in [4.69, 9.17) is 0 Å². The van der Waals surface area contributed by atoms with E-state index in [-0.39, 0.29) is 11.8 Å². The van der Waals surface area contributed by atoms with Gasteiger partial charge < -0.3 is 10.4 Å². The Labute approximate surface area is 112 Å². The summed E-state index contributed by atoms with van der Waals surface area (Å²) in [6, 6.07) is 0. The highest BCUT2D eigenvalue weighted by Gasteiger charge is 2.19. The molecule has 0 rings (SSSR count). The van der Waals surface area contributed by atoms with Crippen LogP contribution in [0.3, 0.4) is 0 Å². The fourth-order valence-electron chi connectivity index (χ4n) is 2.32. The molecule has 0 aromatic carbocycles. The summed E-state index contributed by atoms with van der Waals surface area (Å²) in [7, 11) is 0. The van der Waals surface area contributed by atoms with Gasteiger partial charge in [-0.15, -0.1) is 0 Å². The number of rotatable bonds is 10. The Balaban J connectivity index is 4.06. The summed E-state index contributed by atoms with van der Waals surface area (Å²) in [6.45, 7) is 8.75. The van der Waals surface area contributed by atoms with E-state index >= 15 is 0 Å². The number of aliphatic hydroxyl groups is 1. The molecule has 0 fully saturated rings. The minimum Gasteiger partial charge on any atom is -0.391 e. The molecule has 18 heavy (non-hydrogen) atoms. The second-order valence-corrected chi connectivity index (χ2v) is 5.14. The van der Waals surface area contributed by atoms with Gasteiger partial charge in [0, 0.05) is 12.5 Å². The van der Waals surface area contributed by atoms with E-state index in [0.29, 0.717) is 12.5 Å². The van der Waals surface area contributed by atoms with Crippen molar-refractivity contribution >= 4 is 5.91 Å². The third-order valence-electron chi connectivity index (χ3n) is 3.85. The van der Waals surface area contributed by atoms with Gasteiger partial charge in [0.25, 0.3) is 0 Å². The molecule has 0 aromatic heterocycles. The maximum atomic E-state index is 12.0. The number of nitrogens with one attached hydrogen (secondary N) is 1. The van der Waals surface area contributed by atoms with Crippen LogP contribution in [-0.2, 0) is 4.79 Å². The summed E-state index contributed by atoms with van der Waals surface area (Å²) in [5.74, 6) is 0.510. The molecule has 0 saturated heterocycles. The number of carbonyl (C=O) groups excluding carboxylic acids is 1. The molecule has 0 spiro atoms. The first kappa shape index (κ1) is 17.4. The van der Waals surface area contributed by atoms with E-state index in [2.05, 4.69) is 33.0 Å². The lowest BCUT2D eigenvalue weighted by Gasteiger charge is -2.22. The lowest BCUT2D eigenvalue weighted by Crippen LogP contribution is -2.39. The lowest BCUT2D eigenvalue weighted by molar-refractivity contribution is -0.126. The van der Waals surface area contributed by atoms with Crippen molar-refractivity contribution < 1.29 is 9.90 Å². The van der Waals surface area contributed by atoms with Crippen LogP contribution in [0.15, 0.2) is 0 Å². The molecular formula is C15H31NO2. The van der Waals surface area contributed by atoms with Crippen molar-refractivity contribution in [2.24, 2.45) is 11.8 Å². The maximum Gasteiger partial charge on any atom is 0.223 e. The number of aliphatic hydroxyl groups excluding tert-OH is 1. The monoisotopic (exact) mass is 257 g/mol. The van der Waals surface area contributed by atoms with Crippen LogP contribution < -0.4 is 5.32 Å². The van der Waals surface area contributed by atoms with E-state index in [1.165, 1.54) is 0 Å². The predicted molar refractivity (Wildman–Crippen MR) is 76.4 cm³/mol. The highest BCUT2D eigenvalue weighted by molar-refractivity contribution is 5.78. The predicted octanol–water partition coefficient (Wildman–Crippen LogP) is 3.12. The summed E-state index contributed by atoms with van der Waals surface area (Å²) in [6.07, 6.45) is 5.57. The Hall–Kier alpha value is -0.570. The first-order valence-electron chi connectivity index (χ1n) is 7.56. The third-order valence-corrected chi connectivity index (χ3v) is 3.85. The lowest BCUT2D eigenvalue weighted by atomic mass is 9.95. The van der Waals surface area contributed by atoms with Crippen molar-refractivity contribution in [3.05, 3.63) is 0 Å². The molecule has 0 aromatic rings. The van der Waals surface area contributed by atoms with Gasteiger partial charge in [-0.25, -0.2) is 0 Å². The van der Waals surface area contributed by atoms with Gasteiger partial charge in [-0.05, 0) is 18.8 Å². The molecule has 2 N–H and O–H groups in total. The average molecular weight is 257 g/mol. The molecule has 0 radical (unpaired) electrons. The van der Waals surface area contributed by atoms with Crippen LogP contribution in [0.2, 0.25) is 0 Å². The summed E-state index contributed by atoms with van der Waals surface area (Å²) in [5, 5.41) is 12.9.